The fraction of sp³-hybridized carbons (Fsp3) is 0.423. The SMILES string of the molecule is CC(C)c1nnc(-c2cc3c(OCCCN4CCC(c5ccc6c(c5)OCCO6)CC4)cccc3o2)o1.CCc1nnc(-c2cc3c(OCCCN4CCC(c5ccc(Cl)c(Cl)c5)CC4)cccc3o2)o1.CCc1nnc(-c2cc3c(OCCCN4CCC(c5ccc6c(c5)OCO6)CC4)cccc3o2)o1.Cc1ccc(C2CCN(CCCOc3cccc4oc(-c5nnc(C(C)C)o5)cc34)CC2)cc1C. The van der Waals surface area contributed by atoms with E-state index in [4.69, 9.17) is 96.4 Å². The van der Waals surface area contributed by atoms with Crippen molar-refractivity contribution in [2.45, 2.75) is 181 Å². The summed E-state index contributed by atoms with van der Waals surface area (Å²) in [6.07, 6.45) is 14.6. The van der Waals surface area contributed by atoms with E-state index in [-0.39, 0.29) is 11.8 Å². The van der Waals surface area contributed by atoms with Gasteiger partial charge in [-0.2, -0.15) is 0 Å². The van der Waals surface area contributed by atoms with Gasteiger partial charge in [-0.3, -0.25) is 0 Å². The Hall–Kier alpha value is -12.7. The van der Waals surface area contributed by atoms with Crippen molar-refractivity contribution in [1.82, 2.24) is 60.4 Å². The third-order valence-electron chi connectivity index (χ3n) is 27.5. The Bertz CT molecular complexity index is 6820. The number of likely N-dealkylation sites (tertiary alicyclic amines) is 4. The van der Waals surface area contributed by atoms with Crippen LogP contribution < -0.4 is 37.9 Å². The molecule has 22 rings (SSSR count). The molecule has 14 heterocycles. The zero-order chi connectivity index (χ0) is 96.7. The molecule has 4 saturated heterocycles. The van der Waals surface area contributed by atoms with Gasteiger partial charge in [0.2, 0.25) is 30.4 Å². The molecule has 30 heteroatoms. The number of hydrogen-bond acceptors (Lipinski definition) is 28. The highest BCUT2D eigenvalue weighted by atomic mass is 35.5. The molecule has 141 heavy (non-hydrogen) atoms. The summed E-state index contributed by atoms with van der Waals surface area (Å²) < 4.78 is 93.5. The van der Waals surface area contributed by atoms with E-state index >= 15 is 0 Å². The quantitative estimate of drug-likeness (QED) is 0.0354. The lowest BCUT2D eigenvalue weighted by atomic mass is 9.88. The Labute approximate surface area is 830 Å². The molecule has 8 aromatic carbocycles. The Morgan fingerprint density at radius 3 is 0.986 bits per heavy atom. The van der Waals surface area contributed by atoms with Crippen molar-refractivity contribution in [3.63, 3.8) is 0 Å². The van der Waals surface area contributed by atoms with Gasteiger partial charge in [0.05, 0.1) is 58.0 Å². The first-order valence-corrected chi connectivity index (χ1v) is 50.9. The fourth-order valence-corrected chi connectivity index (χ4v) is 19.6. The van der Waals surface area contributed by atoms with Crippen LogP contribution >= 0.6 is 23.2 Å². The first-order valence-electron chi connectivity index (χ1n) is 50.1. The normalized spacial score (nSPS) is 15.9. The van der Waals surface area contributed by atoms with Crippen LogP contribution in [0.5, 0.6) is 46.0 Å². The van der Waals surface area contributed by atoms with Crippen LogP contribution in [-0.4, -0.2) is 185 Å². The largest absolute Gasteiger partial charge is 0.493 e. The lowest BCUT2D eigenvalue weighted by Crippen LogP contribution is -2.34. The van der Waals surface area contributed by atoms with Crippen LogP contribution in [0.2, 0.25) is 10.0 Å². The summed E-state index contributed by atoms with van der Waals surface area (Å²) in [7, 11) is 0. The van der Waals surface area contributed by atoms with Crippen molar-refractivity contribution in [3.8, 4) is 92.6 Å². The highest BCUT2D eigenvalue weighted by Gasteiger charge is 2.30. The molecule has 0 aliphatic carbocycles. The van der Waals surface area contributed by atoms with Gasteiger partial charge < -0.3 is 92.8 Å². The van der Waals surface area contributed by atoms with E-state index < -0.39 is 0 Å². The molecule has 0 atom stereocenters. The van der Waals surface area contributed by atoms with Crippen molar-refractivity contribution in [2.24, 2.45) is 0 Å². The molecule has 16 aromatic rings. The molecule has 4 fully saturated rings. The predicted molar refractivity (Wildman–Crippen MR) is 541 cm³/mol. The number of hydrogen-bond donors (Lipinski definition) is 0. The van der Waals surface area contributed by atoms with E-state index in [2.05, 4.69) is 129 Å². The van der Waals surface area contributed by atoms with Crippen molar-refractivity contribution >= 4 is 67.1 Å². The molecular weight excluding hydrogens is 1830 g/mol. The molecule has 0 N–H and O–H groups in total. The molecule has 0 spiro atoms. The van der Waals surface area contributed by atoms with Crippen LogP contribution in [0.1, 0.15) is 211 Å². The van der Waals surface area contributed by atoms with Crippen molar-refractivity contribution in [1.29, 1.82) is 0 Å². The number of benzene rings is 8. The highest BCUT2D eigenvalue weighted by Crippen LogP contribution is 2.44. The molecule has 0 amide bonds. The Morgan fingerprint density at radius 2 is 0.638 bits per heavy atom. The van der Waals surface area contributed by atoms with E-state index in [1.165, 1.54) is 46.2 Å². The van der Waals surface area contributed by atoms with E-state index in [0.29, 0.717) is 163 Å². The Balaban J connectivity index is 0.000000120. The van der Waals surface area contributed by atoms with Gasteiger partial charge in [0.25, 0.3) is 23.6 Å². The summed E-state index contributed by atoms with van der Waals surface area (Å²) in [5.74, 6) is 15.7. The van der Waals surface area contributed by atoms with Crippen LogP contribution in [0.25, 0.3) is 90.5 Å². The second-order valence-electron chi connectivity index (χ2n) is 37.8. The summed E-state index contributed by atoms with van der Waals surface area (Å²) in [6.45, 7) is 33.7. The summed E-state index contributed by atoms with van der Waals surface area (Å²) in [5.41, 5.74) is 11.3. The number of halogens is 2. The lowest BCUT2D eigenvalue weighted by molar-refractivity contribution is 0.170. The lowest BCUT2D eigenvalue weighted by Gasteiger charge is -2.32. The minimum Gasteiger partial charge on any atom is -0.493 e. The van der Waals surface area contributed by atoms with Crippen molar-refractivity contribution in [2.75, 3.05) is 125 Å². The Kier molecular flexibility index (Phi) is 31.6. The topological polar surface area (TPSA) is 295 Å². The summed E-state index contributed by atoms with van der Waals surface area (Å²) in [4.78, 5) is 10.1. The molecule has 0 saturated carbocycles. The van der Waals surface area contributed by atoms with Gasteiger partial charge in [-0.05, 0) is 285 Å². The van der Waals surface area contributed by atoms with Gasteiger partial charge in [0, 0.05) is 75.1 Å². The zero-order valence-electron chi connectivity index (χ0n) is 81.6. The summed E-state index contributed by atoms with van der Waals surface area (Å²) in [6, 6.07) is 56.9. The molecule has 6 aliphatic heterocycles. The molecule has 28 nitrogen and oxygen atoms in total. The third-order valence-corrected chi connectivity index (χ3v) is 28.3. The molecule has 738 valence electrons. The minimum absolute atomic E-state index is 0.170. The standard InChI is InChI=1S/C29H33N3O5.C29H35N3O3.C27H29N3O5.C26H27Cl2N3O3/c1-19(2)28-30-31-29(37-28)27-18-22-23(5-3-6-24(22)36-27)33-14-4-11-32-12-9-20(10-13-32)21-7-8-25-26(17-21)35-16-15-34-25;1-19(2)28-30-31-29(35-28)27-18-24-25(7-5-8-26(24)34-27)33-16-6-13-32-14-11-22(12-15-32)23-10-9-20(3)21(4)17-23;1-2-26-28-29-27(35-26)25-16-20-21(5-3-6-22(20)34-25)31-14-4-11-30-12-9-18(10-13-30)19-7-8-23-24(15-19)33-17-32-23;1-2-25-29-30-26(34-25)24-16-19-22(5-3-6-23(19)33-24)32-14-4-11-31-12-9-17(10-13-31)18-7-8-20(27)21(28)15-18/h3,5-8,17-20H,4,9-16H2,1-2H3;5,7-10,17-19,22H,6,11-16H2,1-4H3;3,5-8,15-16,18H,2,4,9-14,17H2,1H3;3,5-8,15-17H,2,4,9-14H2,1H3. The minimum atomic E-state index is 0.170. The number of nitrogens with zero attached hydrogens (tertiary/aromatic N) is 12. The third kappa shape index (κ3) is 24.0. The second kappa shape index (κ2) is 45.9. The smallest absolute Gasteiger partial charge is 0.283 e. The van der Waals surface area contributed by atoms with Crippen LogP contribution in [0.4, 0.5) is 0 Å². The van der Waals surface area contributed by atoms with Gasteiger partial charge in [0.1, 0.15) is 58.5 Å². The second-order valence-corrected chi connectivity index (χ2v) is 38.6. The molecule has 8 aromatic heterocycles. The van der Waals surface area contributed by atoms with Crippen LogP contribution in [-0.2, 0) is 12.8 Å². The van der Waals surface area contributed by atoms with E-state index in [9.17, 15) is 0 Å². The van der Waals surface area contributed by atoms with E-state index in [1.54, 1.807) is 0 Å². The molecular formula is C111H124Cl2N12O16. The average Bonchev–Trinajstić information content (AvgIpc) is 1.68. The van der Waals surface area contributed by atoms with Gasteiger partial charge in [-0.15, -0.1) is 40.8 Å². The maximum Gasteiger partial charge on any atom is 0.283 e. The number of piperidine rings is 4. The maximum absolute atomic E-state index is 6.20. The van der Waals surface area contributed by atoms with Crippen molar-refractivity contribution < 1.29 is 73.2 Å². The van der Waals surface area contributed by atoms with Gasteiger partial charge in [0.15, 0.2) is 46.0 Å². The van der Waals surface area contributed by atoms with Gasteiger partial charge >= 0.3 is 0 Å². The highest BCUT2D eigenvalue weighted by molar-refractivity contribution is 6.42. The first kappa shape index (κ1) is 97.1. The maximum atomic E-state index is 6.20. The van der Waals surface area contributed by atoms with Crippen LogP contribution in [0.15, 0.2) is 205 Å². The number of aromatic nitrogens is 8. The number of rotatable bonds is 32. The fourth-order valence-electron chi connectivity index (χ4n) is 19.3. The summed E-state index contributed by atoms with van der Waals surface area (Å²) >= 11 is 12.3. The number of ether oxygens (including phenoxy) is 8. The van der Waals surface area contributed by atoms with E-state index in [1.807, 2.05) is 157 Å². The van der Waals surface area contributed by atoms with Gasteiger partial charge in [-0.25, -0.2) is 0 Å². The number of furan rings is 4. The number of fused-ring (bicyclic) bond motifs is 6. The summed E-state index contributed by atoms with van der Waals surface area (Å²) in [5, 5.41) is 37.6. The van der Waals surface area contributed by atoms with Crippen LogP contribution in [0.3, 0.4) is 0 Å². The first-order chi connectivity index (χ1) is 69.0. The molecule has 0 radical (unpaired) electrons. The van der Waals surface area contributed by atoms with E-state index in [0.717, 1.165) is 233 Å². The zero-order valence-corrected chi connectivity index (χ0v) is 83.1. The molecule has 0 bridgehead atoms. The molecule has 6 aliphatic rings. The number of aryl methyl sites for hydroxylation is 4. The Morgan fingerprint density at radius 1 is 0.319 bits per heavy atom. The monoisotopic (exact) mass is 1950 g/mol. The molecule has 0 unspecified atom stereocenters. The van der Waals surface area contributed by atoms with Gasteiger partial charge in [-0.1, -0.05) is 125 Å². The van der Waals surface area contributed by atoms with Crippen LogP contribution in [0, 0.1) is 13.8 Å². The average molecular weight is 1950 g/mol. The van der Waals surface area contributed by atoms with Crippen molar-refractivity contribution in [3.05, 3.63) is 237 Å². The predicted octanol–water partition coefficient (Wildman–Crippen LogP) is 25.3.